The van der Waals surface area contributed by atoms with Gasteiger partial charge in [-0.05, 0) is 47.2 Å². The van der Waals surface area contributed by atoms with Crippen LogP contribution in [0.25, 0.3) is 0 Å². The molecule has 0 radical (unpaired) electrons. The van der Waals surface area contributed by atoms with Gasteiger partial charge < -0.3 is 9.47 Å². The Labute approximate surface area is 101 Å². The average Bonchev–Trinajstić information content (AvgIpc) is 2.19. The molecule has 84 valence electrons. The van der Waals surface area contributed by atoms with Crippen molar-refractivity contribution in [3.05, 3.63) is 26.8 Å². The Morgan fingerprint density at radius 2 is 2.07 bits per heavy atom. The molecule has 0 atom stereocenters. The fourth-order valence-electron chi connectivity index (χ4n) is 1.12. The standard InChI is InChI=1S/C10H11F2IO2/c1-6-3-7(10(11)12)4-8(9(6)13)15-5-14-2/h3-4,10H,5H2,1-2H3. The molecule has 0 bridgehead atoms. The van der Waals surface area contributed by atoms with Gasteiger partial charge in [-0.2, -0.15) is 0 Å². The molecule has 0 fully saturated rings. The Hall–Kier alpha value is -0.430. The van der Waals surface area contributed by atoms with Crippen molar-refractivity contribution in [1.29, 1.82) is 0 Å². The Bertz CT molecular complexity index is 342. The summed E-state index contributed by atoms with van der Waals surface area (Å²) in [4.78, 5) is 0. The predicted octanol–water partition coefficient (Wildman–Crippen LogP) is 3.52. The zero-order valence-electron chi connectivity index (χ0n) is 8.39. The molecule has 1 rings (SSSR count). The van der Waals surface area contributed by atoms with E-state index in [0.717, 1.165) is 9.13 Å². The molecule has 1 aromatic carbocycles. The maximum absolute atomic E-state index is 12.5. The van der Waals surface area contributed by atoms with Crippen LogP contribution in [0.1, 0.15) is 17.6 Å². The minimum atomic E-state index is -2.48. The second-order valence-electron chi connectivity index (χ2n) is 3.00. The molecule has 0 aromatic heterocycles. The van der Waals surface area contributed by atoms with E-state index in [1.165, 1.54) is 19.2 Å². The number of ether oxygens (including phenoxy) is 2. The topological polar surface area (TPSA) is 18.5 Å². The number of alkyl halides is 2. The summed E-state index contributed by atoms with van der Waals surface area (Å²) in [5.74, 6) is 0.438. The highest BCUT2D eigenvalue weighted by Crippen LogP contribution is 2.30. The molecule has 1 aromatic rings. The van der Waals surface area contributed by atoms with Crippen molar-refractivity contribution in [1.82, 2.24) is 0 Å². The van der Waals surface area contributed by atoms with E-state index in [1.54, 1.807) is 6.92 Å². The predicted molar refractivity (Wildman–Crippen MR) is 61.4 cm³/mol. The van der Waals surface area contributed by atoms with Crippen LogP contribution in [0.5, 0.6) is 5.75 Å². The van der Waals surface area contributed by atoms with Crippen molar-refractivity contribution in [2.24, 2.45) is 0 Å². The quantitative estimate of drug-likeness (QED) is 0.622. The highest BCUT2D eigenvalue weighted by molar-refractivity contribution is 14.1. The molecule has 0 N–H and O–H groups in total. The van der Waals surface area contributed by atoms with Gasteiger partial charge in [-0.15, -0.1) is 0 Å². The lowest BCUT2D eigenvalue weighted by Crippen LogP contribution is -2.02. The summed E-state index contributed by atoms with van der Waals surface area (Å²) in [6.07, 6.45) is -2.48. The van der Waals surface area contributed by atoms with Gasteiger partial charge in [0.2, 0.25) is 0 Å². The molecule has 0 aliphatic heterocycles. The second kappa shape index (κ2) is 5.60. The highest BCUT2D eigenvalue weighted by atomic mass is 127. The first-order chi connectivity index (χ1) is 7.06. The summed E-state index contributed by atoms with van der Waals surface area (Å²) in [6.45, 7) is 1.83. The minimum Gasteiger partial charge on any atom is -0.466 e. The molecule has 0 amide bonds. The SMILES string of the molecule is COCOc1cc(C(F)F)cc(C)c1I. The molecule has 0 heterocycles. The van der Waals surface area contributed by atoms with E-state index in [2.05, 4.69) is 22.6 Å². The number of rotatable bonds is 4. The van der Waals surface area contributed by atoms with Crippen LogP contribution in [-0.2, 0) is 4.74 Å². The largest absolute Gasteiger partial charge is 0.466 e. The molecule has 0 unspecified atom stereocenters. The van der Waals surface area contributed by atoms with Crippen molar-refractivity contribution in [3.8, 4) is 5.75 Å². The number of hydrogen-bond acceptors (Lipinski definition) is 2. The lowest BCUT2D eigenvalue weighted by Gasteiger charge is -2.11. The maximum atomic E-state index is 12.5. The number of aryl methyl sites for hydroxylation is 1. The molecule has 0 saturated heterocycles. The average molecular weight is 328 g/mol. The number of halogens is 3. The summed E-state index contributed by atoms with van der Waals surface area (Å²) in [6, 6.07) is 2.81. The summed E-state index contributed by atoms with van der Waals surface area (Å²) >= 11 is 2.06. The van der Waals surface area contributed by atoms with Crippen LogP contribution in [0.3, 0.4) is 0 Å². The Morgan fingerprint density at radius 1 is 1.40 bits per heavy atom. The zero-order valence-corrected chi connectivity index (χ0v) is 10.5. The Morgan fingerprint density at radius 3 is 2.60 bits per heavy atom. The van der Waals surface area contributed by atoms with Crippen LogP contribution in [0.15, 0.2) is 12.1 Å². The fraction of sp³-hybridized carbons (Fsp3) is 0.400. The normalized spacial score (nSPS) is 10.8. The van der Waals surface area contributed by atoms with Crippen LogP contribution in [-0.4, -0.2) is 13.9 Å². The van der Waals surface area contributed by atoms with Crippen molar-refractivity contribution in [2.75, 3.05) is 13.9 Å². The first-order valence-electron chi connectivity index (χ1n) is 4.26. The van der Waals surface area contributed by atoms with Gasteiger partial charge in [-0.1, -0.05) is 0 Å². The van der Waals surface area contributed by atoms with Gasteiger partial charge in [0.1, 0.15) is 5.75 Å². The second-order valence-corrected chi connectivity index (χ2v) is 4.08. The highest BCUT2D eigenvalue weighted by Gasteiger charge is 2.13. The number of hydrogen-bond donors (Lipinski definition) is 0. The summed E-state index contributed by atoms with van der Waals surface area (Å²) < 4.78 is 35.7. The van der Waals surface area contributed by atoms with E-state index in [0.29, 0.717) is 5.75 Å². The van der Waals surface area contributed by atoms with E-state index in [4.69, 9.17) is 9.47 Å². The van der Waals surface area contributed by atoms with Crippen molar-refractivity contribution < 1.29 is 18.3 Å². The number of methoxy groups -OCH3 is 1. The molecule has 0 spiro atoms. The first-order valence-corrected chi connectivity index (χ1v) is 5.34. The molecule has 0 aliphatic rings. The van der Waals surface area contributed by atoms with Crippen LogP contribution in [0, 0.1) is 10.5 Å². The van der Waals surface area contributed by atoms with E-state index in [-0.39, 0.29) is 12.4 Å². The van der Waals surface area contributed by atoms with Crippen molar-refractivity contribution in [3.63, 3.8) is 0 Å². The molecule has 5 heteroatoms. The number of benzene rings is 1. The van der Waals surface area contributed by atoms with E-state index in [9.17, 15) is 8.78 Å². The van der Waals surface area contributed by atoms with Crippen molar-refractivity contribution in [2.45, 2.75) is 13.3 Å². The lowest BCUT2D eigenvalue weighted by molar-refractivity contribution is 0.0500. The summed E-state index contributed by atoms with van der Waals surface area (Å²) in [5, 5.41) is 0. The molecule has 0 saturated carbocycles. The monoisotopic (exact) mass is 328 g/mol. The molecular weight excluding hydrogens is 317 g/mol. The van der Waals surface area contributed by atoms with Gasteiger partial charge in [0, 0.05) is 12.7 Å². The van der Waals surface area contributed by atoms with E-state index >= 15 is 0 Å². The van der Waals surface area contributed by atoms with Gasteiger partial charge in [-0.3, -0.25) is 0 Å². The molecule has 15 heavy (non-hydrogen) atoms. The minimum absolute atomic E-state index is 0.0287. The lowest BCUT2D eigenvalue weighted by atomic mass is 10.1. The molecular formula is C10H11F2IO2. The molecule has 0 aliphatic carbocycles. The zero-order chi connectivity index (χ0) is 11.4. The van der Waals surface area contributed by atoms with Gasteiger partial charge in [-0.25, -0.2) is 8.78 Å². The summed E-state index contributed by atoms with van der Waals surface area (Å²) in [5.41, 5.74) is 0.749. The third-order valence-electron chi connectivity index (χ3n) is 1.83. The maximum Gasteiger partial charge on any atom is 0.263 e. The van der Waals surface area contributed by atoms with Crippen LogP contribution >= 0.6 is 22.6 Å². The van der Waals surface area contributed by atoms with E-state index in [1.807, 2.05) is 0 Å². The smallest absolute Gasteiger partial charge is 0.263 e. The Balaban J connectivity index is 3.02. The van der Waals surface area contributed by atoms with Crippen LogP contribution < -0.4 is 4.74 Å². The third kappa shape index (κ3) is 3.27. The summed E-state index contributed by atoms with van der Waals surface area (Å²) in [7, 11) is 1.48. The molecule has 2 nitrogen and oxygen atoms in total. The van der Waals surface area contributed by atoms with Crippen LogP contribution in [0.4, 0.5) is 8.78 Å². The van der Waals surface area contributed by atoms with Gasteiger partial charge in [0.05, 0.1) is 3.57 Å². The third-order valence-corrected chi connectivity index (χ3v) is 3.21. The van der Waals surface area contributed by atoms with Gasteiger partial charge in [0.25, 0.3) is 6.43 Å². The first kappa shape index (κ1) is 12.6. The van der Waals surface area contributed by atoms with Gasteiger partial charge >= 0.3 is 0 Å². The van der Waals surface area contributed by atoms with Gasteiger partial charge in [0.15, 0.2) is 6.79 Å². The van der Waals surface area contributed by atoms with Crippen molar-refractivity contribution >= 4 is 22.6 Å². The van der Waals surface area contributed by atoms with Crippen LogP contribution in [0.2, 0.25) is 0 Å². The van der Waals surface area contributed by atoms with E-state index < -0.39 is 6.43 Å². The Kier molecular flexibility index (Phi) is 4.72. The fourth-order valence-corrected chi connectivity index (χ4v) is 1.58.